The van der Waals surface area contributed by atoms with Gasteiger partial charge in [0.2, 0.25) is 0 Å². The fourth-order valence-electron chi connectivity index (χ4n) is 18.5. The van der Waals surface area contributed by atoms with Crippen molar-refractivity contribution < 1.29 is 133 Å². The molecule has 95 heavy (non-hydrogen) atoms. The molecule has 5 aliphatic carbocycles. The number of allylic oxidation sites excluding steroid dienone is 2. The fourth-order valence-corrected chi connectivity index (χ4v) is 18.5. The number of rotatable bonds is 16. The number of esters is 3. The smallest absolute Gasteiger partial charge is 0.338 e. The molecule has 0 amide bonds. The summed E-state index contributed by atoms with van der Waals surface area (Å²) in [6, 6.07) is 16.2. The maximum Gasteiger partial charge on any atom is 0.338 e. The first-order valence-corrected chi connectivity index (χ1v) is 32.9. The van der Waals surface area contributed by atoms with Crippen LogP contribution in [0, 0.1) is 50.2 Å². The standard InChI is InChI=1S/C68H94O27/c1-63(2)25-34-33-19-20-39-65(5)23-22-41(90-62-53(94-61-47(77)45(75)44(74)36(28-69)89-61)51(48(78)52(93-62)56(81)82)92-59-46(76)43(73)35(70)29-86-59)64(3,4)38(65)21-24-66(39,6)67(33,7)26-40(71)68(34,27-42(72)85-8)54(80)55(63)95-60-49(79)50(91-58(84)32-17-13-10-14-18-32)37(30-87-60)88-57(83)31-15-11-9-12-16-31/h9-19,34-41,43-55,59-62,69-71,73-80H,20-30H2,1-8H3,(H,81,82)/t34-,35+,36+,37+,38-,39+,40+,41-,43-,44-,45-,46+,47+,48-,49-,50+,51-,52-,53+,54-,55-,59-,60+,61-,62+,65-,66+,67+,68-/m0/s1. The summed E-state index contributed by atoms with van der Waals surface area (Å²) in [7, 11) is 1.23. The first-order valence-electron chi connectivity index (χ1n) is 32.9. The molecule has 2 aromatic rings. The predicted molar refractivity (Wildman–Crippen MR) is 324 cm³/mol. The lowest BCUT2D eigenvalue weighted by Crippen LogP contribution is -2.72. The van der Waals surface area contributed by atoms with Gasteiger partial charge in [-0.3, -0.25) is 4.79 Å². The topological polar surface area (TPSA) is 413 Å². The number of ether oxygens (including phenoxy) is 11. The van der Waals surface area contributed by atoms with Crippen LogP contribution >= 0.6 is 0 Å². The molecule has 2 aromatic carbocycles. The van der Waals surface area contributed by atoms with Gasteiger partial charge in [-0.2, -0.15) is 0 Å². The maximum absolute atomic E-state index is 13.9. The van der Waals surface area contributed by atoms with E-state index in [1.54, 1.807) is 48.5 Å². The minimum Gasteiger partial charge on any atom is -0.479 e. The van der Waals surface area contributed by atoms with Crippen LogP contribution in [0.2, 0.25) is 0 Å². The van der Waals surface area contributed by atoms with Crippen molar-refractivity contribution in [3.63, 3.8) is 0 Å². The Hall–Kier alpha value is -4.70. The highest BCUT2D eigenvalue weighted by Gasteiger charge is 2.74. The van der Waals surface area contributed by atoms with Crippen LogP contribution in [-0.4, -0.2) is 247 Å². The summed E-state index contributed by atoms with van der Waals surface area (Å²) in [6.45, 7) is 12.7. The molecule has 4 aliphatic heterocycles. The zero-order valence-corrected chi connectivity index (χ0v) is 54.6. The molecule has 4 heterocycles. The largest absolute Gasteiger partial charge is 0.479 e. The molecule has 4 saturated heterocycles. The summed E-state index contributed by atoms with van der Waals surface area (Å²) in [6.07, 6.45) is -32.4. The van der Waals surface area contributed by atoms with Crippen molar-refractivity contribution >= 4 is 23.9 Å². The fraction of sp³-hybridized carbons (Fsp3) is 0.735. The Bertz CT molecular complexity index is 3100. The van der Waals surface area contributed by atoms with E-state index in [0.29, 0.717) is 32.1 Å². The van der Waals surface area contributed by atoms with Crippen molar-refractivity contribution in [1.29, 1.82) is 0 Å². The average molecular weight is 1340 g/mol. The van der Waals surface area contributed by atoms with Crippen molar-refractivity contribution in [2.45, 2.75) is 235 Å². The summed E-state index contributed by atoms with van der Waals surface area (Å²) in [4.78, 5) is 54.0. The van der Waals surface area contributed by atoms with Crippen LogP contribution in [0.3, 0.4) is 0 Å². The number of fused-ring (bicyclic) bond motifs is 7. The van der Waals surface area contributed by atoms with Gasteiger partial charge in [-0.15, -0.1) is 0 Å². The molecule has 27 nitrogen and oxygen atoms in total. The van der Waals surface area contributed by atoms with Crippen LogP contribution in [0.5, 0.6) is 0 Å². The Labute approximate surface area is 550 Å². The summed E-state index contributed by atoms with van der Waals surface area (Å²) >= 11 is 0. The van der Waals surface area contributed by atoms with Crippen molar-refractivity contribution in [3.8, 4) is 0 Å². The van der Waals surface area contributed by atoms with E-state index in [2.05, 4.69) is 26.8 Å². The zero-order chi connectivity index (χ0) is 68.8. The van der Waals surface area contributed by atoms with Crippen LogP contribution < -0.4 is 0 Å². The molecule has 0 aromatic heterocycles. The molecule has 9 aliphatic rings. The normalized spacial score (nSPS) is 46.1. The minimum absolute atomic E-state index is 0.0568. The van der Waals surface area contributed by atoms with Crippen molar-refractivity contribution in [2.24, 2.45) is 50.2 Å². The lowest BCUT2D eigenvalue weighted by molar-refractivity contribution is -0.392. The lowest BCUT2D eigenvalue weighted by atomic mass is 9.33. The number of aliphatic hydroxyl groups is 11. The van der Waals surface area contributed by atoms with Crippen LogP contribution in [0.1, 0.15) is 121 Å². The molecule has 0 bridgehead atoms. The van der Waals surface area contributed by atoms with Gasteiger partial charge < -0.3 is 113 Å². The second kappa shape index (κ2) is 27.1. The van der Waals surface area contributed by atoms with Crippen LogP contribution in [0.15, 0.2) is 72.3 Å². The number of carbonyl (C=O) groups excluding carboxylic acids is 3. The second-order valence-electron chi connectivity index (χ2n) is 29.8. The van der Waals surface area contributed by atoms with Crippen LogP contribution in [-0.2, 0) is 61.7 Å². The molecule has 8 fully saturated rings. The van der Waals surface area contributed by atoms with E-state index in [1.807, 2.05) is 27.7 Å². The summed E-state index contributed by atoms with van der Waals surface area (Å²) in [5, 5.41) is 136. The first-order chi connectivity index (χ1) is 44.8. The SMILES string of the molecule is COC(=O)C[C@@]12[C@H](O)C[C@]3(C)C(=CC[C@@H]4[C@@]5(C)CC[C@H](O[C@@H]6O[C@H](C(=O)O)[C@@H](O)[C@H](O[C@@H]7OC[C@@H](O)[C@H](O)[C@H]7O)[C@H]6O[C@@H]6O[C@H](CO)[C@H](O)[C@H](O)[C@H]6O)C(C)(C)[C@@H]5CC[C@]43C)[C@@H]1CC(C)(C)[C@@H](O[C@H]1OC[C@@H](OC(=O)c3ccccc3)[C@@H](OC(=O)c3ccccc3)[C@@H]1O)[C@@H]2O. The monoisotopic (exact) mass is 1340 g/mol. The Morgan fingerprint density at radius 3 is 1.84 bits per heavy atom. The summed E-state index contributed by atoms with van der Waals surface area (Å²) in [5.41, 5.74) is -3.82. The van der Waals surface area contributed by atoms with E-state index < -0.39 is 224 Å². The van der Waals surface area contributed by atoms with Gasteiger partial charge >= 0.3 is 23.9 Å². The van der Waals surface area contributed by atoms with Crippen LogP contribution in [0.25, 0.3) is 0 Å². The Balaban J connectivity index is 0.868. The summed E-state index contributed by atoms with van der Waals surface area (Å²) in [5.74, 6) is -4.75. The van der Waals surface area contributed by atoms with Gasteiger partial charge in [0.25, 0.3) is 0 Å². The second-order valence-corrected chi connectivity index (χ2v) is 29.8. The van der Waals surface area contributed by atoms with Gasteiger partial charge in [0.15, 0.2) is 43.5 Å². The number of hydrogen-bond donors (Lipinski definition) is 12. The number of carbonyl (C=O) groups is 4. The lowest BCUT2D eigenvalue weighted by Gasteiger charge is -2.72. The number of carboxylic acid groups (broad SMARTS) is 1. The molecule has 27 heteroatoms. The Morgan fingerprint density at radius 2 is 1.21 bits per heavy atom. The molecule has 0 radical (unpaired) electrons. The maximum atomic E-state index is 13.9. The van der Waals surface area contributed by atoms with Crippen molar-refractivity contribution in [1.82, 2.24) is 0 Å². The van der Waals surface area contributed by atoms with E-state index in [0.717, 1.165) is 5.57 Å². The zero-order valence-electron chi connectivity index (χ0n) is 54.6. The van der Waals surface area contributed by atoms with Gasteiger partial charge in [-0.25, -0.2) is 14.4 Å². The number of hydrogen-bond acceptors (Lipinski definition) is 26. The highest BCUT2D eigenvalue weighted by atomic mass is 16.8. The van der Waals surface area contributed by atoms with Gasteiger partial charge in [-0.05, 0) is 114 Å². The average Bonchev–Trinajstić information content (AvgIpc) is 0.669. The van der Waals surface area contributed by atoms with E-state index in [-0.39, 0.29) is 35.8 Å². The molecule has 12 N–H and O–H groups in total. The predicted octanol–water partition coefficient (Wildman–Crippen LogP) is 1.02. The number of carboxylic acids is 1. The molecule has 4 saturated carbocycles. The Morgan fingerprint density at radius 1 is 0.600 bits per heavy atom. The molecule has 0 spiro atoms. The molecule has 11 rings (SSSR count). The molecule has 528 valence electrons. The molecule has 29 atom stereocenters. The highest BCUT2D eigenvalue weighted by Crippen LogP contribution is 2.76. The molecular formula is C68H94O27. The van der Waals surface area contributed by atoms with E-state index in [9.17, 15) is 80.5 Å². The number of aliphatic carboxylic acids is 1. The summed E-state index contributed by atoms with van der Waals surface area (Å²) < 4.78 is 66.6. The van der Waals surface area contributed by atoms with Gasteiger partial charge in [0.05, 0.1) is 68.9 Å². The third kappa shape index (κ3) is 12.4. The van der Waals surface area contributed by atoms with Crippen molar-refractivity contribution in [3.05, 3.63) is 83.4 Å². The van der Waals surface area contributed by atoms with Crippen LogP contribution in [0.4, 0.5) is 0 Å². The minimum atomic E-state index is -2.14. The van der Waals surface area contributed by atoms with Gasteiger partial charge in [-0.1, -0.05) is 96.5 Å². The number of methoxy groups -OCH3 is 1. The van der Waals surface area contributed by atoms with Crippen molar-refractivity contribution in [2.75, 3.05) is 26.9 Å². The van der Waals surface area contributed by atoms with E-state index in [4.69, 9.17) is 52.1 Å². The number of benzene rings is 2. The number of aliphatic hydroxyl groups excluding tert-OH is 11. The Kier molecular flexibility index (Phi) is 20.4. The van der Waals surface area contributed by atoms with E-state index in [1.165, 1.54) is 19.2 Å². The first kappa shape index (κ1) is 71.6. The third-order valence-corrected chi connectivity index (χ3v) is 23.9. The molecular weight excluding hydrogens is 1250 g/mol. The highest BCUT2D eigenvalue weighted by molar-refractivity contribution is 5.90. The third-order valence-electron chi connectivity index (χ3n) is 23.9. The van der Waals surface area contributed by atoms with Gasteiger partial charge in [0, 0.05) is 5.41 Å². The molecule has 0 unspecified atom stereocenters. The van der Waals surface area contributed by atoms with Gasteiger partial charge in [0.1, 0.15) is 67.1 Å². The quantitative estimate of drug-likeness (QED) is 0.0483. The van der Waals surface area contributed by atoms with E-state index >= 15 is 0 Å².